The minimum Gasteiger partial charge on any atom is -0.0995 e. The van der Waals surface area contributed by atoms with Crippen LogP contribution in [0.25, 0.3) is 0 Å². The van der Waals surface area contributed by atoms with Crippen molar-refractivity contribution in [3.63, 3.8) is 0 Å². The number of allylic oxidation sites excluding steroid dienone is 3. The van der Waals surface area contributed by atoms with E-state index >= 15 is 0 Å². The summed E-state index contributed by atoms with van der Waals surface area (Å²) in [6.07, 6.45) is 15.2. The zero-order valence-corrected chi connectivity index (χ0v) is 11.1. The van der Waals surface area contributed by atoms with Crippen LogP contribution in [0.4, 0.5) is 0 Å². The van der Waals surface area contributed by atoms with Gasteiger partial charge in [0.05, 0.1) is 24.6 Å². The first-order valence-corrected chi connectivity index (χ1v) is 8.45. The van der Waals surface area contributed by atoms with Crippen molar-refractivity contribution in [1.29, 1.82) is 0 Å². The zero-order valence-electron chi connectivity index (χ0n) is 10.3. The maximum absolute atomic E-state index is 3.90. The van der Waals surface area contributed by atoms with E-state index in [9.17, 15) is 0 Å². The van der Waals surface area contributed by atoms with Crippen LogP contribution < -0.4 is 0 Å². The summed E-state index contributed by atoms with van der Waals surface area (Å²) >= 11 is 0. The molecule has 0 aliphatic heterocycles. The molecule has 0 saturated heterocycles. The molecular formula is C14H26P+. The second-order valence-corrected chi connectivity index (χ2v) is 8.41. The van der Waals surface area contributed by atoms with Crippen LogP contribution >= 0.6 is 7.26 Å². The molecule has 86 valence electrons. The topological polar surface area (TPSA) is 0 Å². The van der Waals surface area contributed by atoms with E-state index in [4.69, 9.17) is 0 Å². The van der Waals surface area contributed by atoms with Crippen LogP contribution in [-0.4, -0.2) is 24.6 Å². The van der Waals surface area contributed by atoms with E-state index in [1.54, 1.807) is 0 Å². The predicted octanol–water partition coefficient (Wildman–Crippen LogP) is 4.75. The Labute approximate surface area is 96.5 Å². The van der Waals surface area contributed by atoms with Gasteiger partial charge in [-0.15, -0.1) is 0 Å². The van der Waals surface area contributed by atoms with E-state index < -0.39 is 7.26 Å². The smallest absolute Gasteiger partial charge is 0.0777 e. The van der Waals surface area contributed by atoms with Gasteiger partial charge in [0, 0.05) is 7.26 Å². The largest absolute Gasteiger partial charge is 0.0995 e. The van der Waals surface area contributed by atoms with Crippen molar-refractivity contribution in [1.82, 2.24) is 0 Å². The fourth-order valence-electron chi connectivity index (χ4n) is 2.02. The number of unbranched alkanes of at least 4 members (excludes halogenated alkanes) is 2. The Bertz CT molecular complexity index is 167. The predicted molar refractivity (Wildman–Crippen MR) is 76.5 cm³/mol. The van der Waals surface area contributed by atoms with Crippen molar-refractivity contribution in [2.24, 2.45) is 0 Å². The zero-order chi connectivity index (χ0) is 11.6. The van der Waals surface area contributed by atoms with E-state index in [0.717, 1.165) is 0 Å². The molecule has 0 unspecified atom stereocenters. The van der Waals surface area contributed by atoms with Gasteiger partial charge in [0.15, 0.2) is 0 Å². The van der Waals surface area contributed by atoms with Crippen molar-refractivity contribution in [2.75, 3.05) is 24.6 Å². The van der Waals surface area contributed by atoms with Crippen LogP contribution in [0.3, 0.4) is 0 Å². The molecule has 15 heavy (non-hydrogen) atoms. The van der Waals surface area contributed by atoms with Crippen molar-refractivity contribution in [2.45, 2.75) is 26.2 Å². The molecule has 0 rings (SSSR count). The molecule has 0 amide bonds. The molecule has 0 aromatic heterocycles. The summed E-state index contributed by atoms with van der Waals surface area (Å²) in [5.41, 5.74) is 0. The van der Waals surface area contributed by atoms with E-state index in [0.29, 0.717) is 0 Å². The summed E-state index contributed by atoms with van der Waals surface area (Å²) in [7, 11) is -0.880. The molecule has 0 aliphatic carbocycles. The van der Waals surface area contributed by atoms with Crippen LogP contribution in [0, 0.1) is 0 Å². The van der Waals surface area contributed by atoms with Crippen LogP contribution in [0.1, 0.15) is 26.2 Å². The third kappa shape index (κ3) is 5.95. The standard InChI is InChI=1S/C14H26P/c1-5-9-10-14-15(11-6-2,12-7-3)13-8-4/h6-8H,2-5,9-14H2,1H3/q+1. The number of hydrogen-bond acceptors (Lipinski definition) is 0. The highest BCUT2D eigenvalue weighted by Gasteiger charge is 2.32. The fourth-order valence-corrected chi connectivity index (χ4v) is 5.55. The van der Waals surface area contributed by atoms with Crippen LogP contribution in [0.15, 0.2) is 38.0 Å². The Morgan fingerprint density at radius 2 is 1.33 bits per heavy atom. The van der Waals surface area contributed by atoms with Crippen molar-refractivity contribution in [3.8, 4) is 0 Å². The summed E-state index contributed by atoms with van der Waals surface area (Å²) in [4.78, 5) is 0. The van der Waals surface area contributed by atoms with E-state index in [-0.39, 0.29) is 0 Å². The normalized spacial score (nSPS) is 11.0. The third-order valence-electron chi connectivity index (χ3n) is 2.79. The lowest BCUT2D eigenvalue weighted by Crippen LogP contribution is -2.09. The Morgan fingerprint density at radius 1 is 0.867 bits per heavy atom. The van der Waals surface area contributed by atoms with E-state index in [1.165, 1.54) is 43.9 Å². The molecule has 0 aliphatic rings. The van der Waals surface area contributed by atoms with Gasteiger partial charge >= 0.3 is 0 Å². The van der Waals surface area contributed by atoms with Gasteiger partial charge in [0.25, 0.3) is 0 Å². The number of rotatable bonds is 10. The summed E-state index contributed by atoms with van der Waals surface area (Å²) < 4.78 is 0. The maximum Gasteiger partial charge on any atom is 0.0777 e. The lowest BCUT2D eigenvalue weighted by Gasteiger charge is -2.24. The Balaban J connectivity index is 4.36. The van der Waals surface area contributed by atoms with Gasteiger partial charge in [-0.05, 0) is 6.42 Å². The molecular weight excluding hydrogens is 199 g/mol. The van der Waals surface area contributed by atoms with E-state index in [2.05, 4.69) is 44.9 Å². The van der Waals surface area contributed by atoms with Gasteiger partial charge in [-0.25, -0.2) is 0 Å². The first kappa shape index (κ1) is 14.6. The van der Waals surface area contributed by atoms with Crippen LogP contribution in [0.2, 0.25) is 0 Å². The highest BCUT2D eigenvalue weighted by Crippen LogP contribution is 2.59. The first-order valence-electron chi connectivity index (χ1n) is 5.92. The van der Waals surface area contributed by atoms with E-state index in [1.807, 2.05) is 0 Å². The Kier molecular flexibility index (Phi) is 8.71. The quantitative estimate of drug-likeness (QED) is 0.286. The van der Waals surface area contributed by atoms with Gasteiger partial charge in [-0.3, -0.25) is 0 Å². The molecule has 0 bridgehead atoms. The van der Waals surface area contributed by atoms with Gasteiger partial charge in [-0.2, -0.15) is 0 Å². The lowest BCUT2D eigenvalue weighted by molar-refractivity contribution is 0.773. The average Bonchev–Trinajstić information content (AvgIpc) is 2.19. The third-order valence-corrected chi connectivity index (χ3v) is 7.15. The fraction of sp³-hybridized carbons (Fsp3) is 0.571. The molecule has 0 spiro atoms. The summed E-state index contributed by atoms with van der Waals surface area (Å²) in [6, 6.07) is 0. The molecule has 0 aromatic carbocycles. The average molecular weight is 225 g/mol. The summed E-state index contributed by atoms with van der Waals surface area (Å²) in [5, 5.41) is 0. The van der Waals surface area contributed by atoms with Crippen molar-refractivity contribution in [3.05, 3.63) is 38.0 Å². The van der Waals surface area contributed by atoms with Gasteiger partial charge in [0.1, 0.15) is 0 Å². The van der Waals surface area contributed by atoms with Crippen molar-refractivity contribution < 1.29 is 0 Å². The van der Waals surface area contributed by atoms with Gasteiger partial charge < -0.3 is 0 Å². The highest BCUT2D eigenvalue weighted by molar-refractivity contribution is 7.76. The van der Waals surface area contributed by atoms with Gasteiger partial charge in [0.2, 0.25) is 0 Å². The highest BCUT2D eigenvalue weighted by atomic mass is 31.2. The van der Waals surface area contributed by atoms with Crippen LogP contribution in [-0.2, 0) is 0 Å². The molecule has 0 heterocycles. The second kappa shape index (κ2) is 8.92. The molecule has 0 radical (unpaired) electrons. The molecule has 0 nitrogen and oxygen atoms in total. The summed E-state index contributed by atoms with van der Waals surface area (Å²) in [6.45, 7) is 14.0. The summed E-state index contributed by atoms with van der Waals surface area (Å²) in [5.74, 6) is 0. The SMILES string of the molecule is C=CC[P+](CC=C)(CC=C)CCCCC. The lowest BCUT2D eigenvalue weighted by atomic mass is 10.3. The Hall–Kier alpha value is -0.350. The van der Waals surface area contributed by atoms with Crippen LogP contribution in [0.5, 0.6) is 0 Å². The Morgan fingerprint density at radius 3 is 1.67 bits per heavy atom. The van der Waals surface area contributed by atoms with Gasteiger partial charge in [-0.1, -0.05) is 57.7 Å². The minimum atomic E-state index is -0.880. The second-order valence-electron chi connectivity index (χ2n) is 4.19. The number of hydrogen-bond donors (Lipinski definition) is 0. The molecule has 0 fully saturated rings. The van der Waals surface area contributed by atoms with Crippen molar-refractivity contribution >= 4 is 7.26 Å². The molecule has 0 aromatic rings. The molecule has 0 atom stereocenters. The monoisotopic (exact) mass is 225 g/mol. The molecule has 0 saturated carbocycles. The molecule has 0 N–H and O–H groups in total. The minimum absolute atomic E-state index is 0.880. The molecule has 1 heteroatoms. The maximum atomic E-state index is 3.90. The first-order chi connectivity index (χ1) is 7.24.